The Morgan fingerprint density at radius 1 is 0.358 bits per heavy atom. The Labute approximate surface area is 498 Å². The van der Waals surface area contributed by atoms with Crippen molar-refractivity contribution in [3.63, 3.8) is 0 Å². The van der Waals surface area contributed by atoms with Crippen molar-refractivity contribution in [1.82, 2.24) is 0 Å². The van der Waals surface area contributed by atoms with Crippen molar-refractivity contribution in [3.05, 3.63) is 24.4 Å². The van der Waals surface area contributed by atoms with E-state index in [1.165, 1.54) is 0 Å². The van der Waals surface area contributed by atoms with Gasteiger partial charge in [-0.05, 0) is 161 Å². The van der Waals surface area contributed by atoms with Crippen LogP contribution in [0.2, 0.25) is 90.7 Å². The first-order valence-electron chi connectivity index (χ1n) is 32.5. The minimum Gasteiger partial charge on any atom is -0.416 e. The van der Waals surface area contributed by atoms with Crippen LogP contribution in [0, 0.1) is 0 Å². The fourth-order valence-corrected chi connectivity index (χ4v) is 93.3. The van der Waals surface area contributed by atoms with Crippen LogP contribution < -0.4 is 0 Å². The van der Waals surface area contributed by atoms with E-state index in [0.717, 1.165) is 180 Å². The first-order valence-corrected chi connectivity index (χ1v) is 57.9. The van der Waals surface area contributed by atoms with Crippen LogP contribution in [0.3, 0.4) is 0 Å². The molecule has 0 N–H and O–H groups in total. The number of rotatable bonds is 14. The second-order valence-corrected chi connectivity index (χ2v) is 68.2. The van der Waals surface area contributed by atoms with E-state index < -0.39 is 105 Å². The average molecular weight is 1330 g/mol. The fraction of sp³-hybridized carbons (Fsp3) is 0.904. The highest BCUT2D eigenvalue weighted by Gasteiger charge is 2.88. The highest BCUT2D eigenvalue weighted by atomic mass is 28.6. The summed E-state index contributed by atoms with van der Waals surface area (Å²) in [7, 11) is -40.6. The summed E-state index contributed by atoms with van der Waals surface area (Å²) in [5.74, 6) is 0.0973. The van der Waals surface area contributed by atoms with Gasteiger partial charge in [-0.15, -0.1) is 6.58 Å². The molecular formula is C52H100O17Si12. The standard InChI is InChI=1S/C43H76O13Si8.C9H24O4Si4/c1-35(2)43(44)33-17-18-34-57-45-58(36-19-3-4-20-36)48-61(39-25-9-10-26-39)50-59(46-57,37-21-5-6-22-37)52-63(41-29-13-14-30-41)53-60(47-57,38-23-7-8-24-38)51-62(49-58,40-27-11-12-28-40)55-64(54-61,56-63)42-31-15-16-32-42;1-9-17(8)12-15(4,5)10-14(2,3)11-16(6,7)13-17/h36-42H,1,3-34H2,2H3;9H,1H2,2-8H3. The van der Waals surface area contributed by atoms with Gasteiger partial charge < -0.3 is 65.8 Å². The molecule has 7 saturated heterocycles. The molecule has 29 heteroatoms. The summed E-state index contributed by atoms with van der Waals surface area (Å²) in [4.78, 5) is 13.1. The third-order valence-corrected chi connectivity index (χ3v) is 75.7. The van der Waals surface area contributed by atoms with Gasteiger partial charge in [0.1, 0.15) is 0 Å². The lowest BCUT2D eigenvalue weighted by Crippen LogP contribution is -2.90. The highest BCUT2D eigenvalue weighted by Crippen LogP contribution is 2.66. The van der Waals surface area contributed by atoms with Gasteiger partial charge in [-0.1, -0.05) is 102 Å². The molecule has 0 atom stereocenters. The lowest BCUT2D eigenvalue weighted by Gasteiger charge is -2.66. The summed E-state index contributed by atoms with van der Waals surface area (Å²) < 4.78 is 126. The number of carbonyl (C=O) groups excluding carboxylic acids is 1. The summed E-state index contributed by atoms with van der Waals surface area (Å²) in [5.41, 5.74) is 2.64. The van der Waals surface area contributed by atoms with Crippen molar-refractivity contribution >= 4 is 110 Å². The summed E-state index contributed by atoms with van der Waals surface area (Å²) in [5, 5.41) is 0. The van der Waals surface area contributed by atoms with Crippen molar-refractivity contribution in [2.45, 2.75) is 297 Å². The molecule has 0 amide bonds. The van der Waals surface area contributed by atoms with Crippen LogP contribution in [-0.4, -0.2) is 110 Å². The second-order valence-electron chi connectivity index (χ2n) is 28.2. The predicted octanol–water partition coefficient (Wildman–Crippen LogP) is 14.7. The quantitative estimate of drug-likeness (QED) is 0.0915. The number of unbranched alkanes of at least 4 members (excludes halogenated alkanes) is 1. The summed E-state index contributed by atoms with van der Waals surface area (Å²) in [6.07, 6.45) is 30.4. The molecule has 458 valence electrons. The maximum absolute atomic E-state index is 13.1. The molecule has 0 aromatic rings. The number of hydrogen-bond acceptors (Lipinski definition) is 17. The predicted molar refractivity (Wildman–Crippen MR) is 332 cm³/mol. The molecule has 0 spiro atoms. The Morgan fingerprint density at radius 3 is 0.802 bits per heavy atom. The normalized spacial score (nSPS) is 42.9. The lowest BCUT2D eigenvalue weighted by atomic mass is 10.1. The van der Waals surface area contributed by atoms with E-state index >= 15 is 0 Å². The summed E-state index contributed by atoms with van der Waals surface area (Å²) >= 11 is 0. The van der Waals surface area contributed by atoms with Gasteiger partial charge in [-0.3, -0.25) is 4.79 Å². The molecule has 0 unspecified atom stereocenters. The second kappa shape index (κ2) is 23.4. The molecule has 17 nitrogen and oxygen atoms in total. The van der Waals surface area contributed by atoms with Crippen LogP contribution in [-0.2, 0) is 70.6 Å². The van der Waals surface area contributed by atoms with Gasteiger partial charge in [-0.2, -0.15) is 0 Å². The van der Waals surface area contributed by atoms with Gasteiger partial charge in [-0.25, -0.2) is 0 Å². The molecule has 8 bridgehead atoms. The molecule has 7 heterocycles. The van der Waals surface area contributed by atoms with Gasteiger partial charge >= 0.3 is 105 Å². The smallest absolute Gasteiger partial charge is 0.416 e. The molecule has 7 aliphatic heterocycles. The van der Waals surface area contributed by atoms with Crippen LogP contribution >= 0.6 is 0 Å². The Bertz CT molecular complexity index is 2100. The monoisotopic (exact) mass is 1330 g/mol. The molecule has 14 rings (SSSR count). The molecule has 0 aromatic heterocycles. The Kier molecular flexibility index (Phi) is 18.0. The first kappa shape index (κ1) is 62.3. The van der Waals surface area contributed by atoms with Crippen molar-refractivity contribution in [2.24, 2.45) is 0 Å². The van der Waals surface area contributed by atoms with Gasteiger partial charge in [0.2, 0.25) is 0 Å². The van der Waals surface area contributed by atoms with E-state index in [1.807, 2.05) is 45.4 Å². The van der Waals surface area contributed by atoms with Gasteiger partial charge in [0.15, 0.2) is 5.78 Å². The SMILES string of the molecule is C=C(C)C(=O)CCCC[Si]12O[Si]3(C4CCCC4)O[Si]4(C5CCCC5)O[Si](C5CCCC5)(O1)O[Si]1(C5CCCC5)O[Si](C5CCCC5)(O2)O[Si](C2CCCC2)(O3)O[Si](C2CCCC2)(O4)O1.C=C[Si]1(C)O[Si](C)(C)O[Si](C)(C)O[Si](C)(C)O1. The summed E-state index contributed by atoms with van der Waals surface area (Å²) in [6, 6.07) is 0.490. The van der Waals surface area contributed by atoms with Crippen LogP contribution in [0.1, 0.15) is 206 Å². The van der Waals surface area contributed by atoms with Crippen molar-refractivity contribution in [1.29, 1.82) is 0 Å². The van der Waals surface area contributed by atoms with E-state index in [0.29, 0.717) is 30.9 Å². The molecule has 0 radical (unpaired) electrons. The average Bonchev–Trinajstić information content (AvgIpc) is 1.64. The Balaban J connectivity index is 0.000000331. The zero-order valence-corrected chi connectivity index (χ0v) is 62.6. The molecule has 7 aliphatic carbocycles. The zero-order valence-electron chi connectivity index (χ0n) is 50.6. The molecule has 7 saturated carbocycles. The topological polar surface area (TPSA) is 165 Å². The van der Waals surface area contributed by atoms with Crippen LogP contribution in [0.4, 0.5) is 0 Å². The number of hydrogen-bond donors (Lipinski definition) is 0. The maximum Gasteiger partial charge on any atom is 0.482 e. The van der Waals surface area contributed by atoms with E-state index in [1.54, 1.807) is 0 Å². The van der Waals surface area contributed by atoms with Crippen LogP contribution in [0.15, 0.2) is 24.4 Å². The number of Topliss-reactive ketones (excluding diaryl/α,β-unsaturated/α-hetero) is 1. The molecule has 14 aliphatic rings. The van der Waals surface area contributed by atoms with E-state index in [-0.39, 0.29) is 44.6 Å². The largest absolute Gasteiger partial charge is 0.482 e. The van der Waals surface area contributed by atoms with E-state index in [4.69, 9.17) is 65.8 Å². The minimum absolute atomic E-state index is 0.0139. The van der Waals surface area contributed by atoms with Crippen LogP contribution in [0.5, 0.6) is 0 Å². The number of carbonyl (C=O) groups is 1. The third-order valence-electron chi connectivity index (χ3n) is 20.3. The maximum atomic E-state index is 13.1. The van der Waals surface area contributed by atoms with Gasteiger partial charge in [0, 0.05) is 51.3 Å². The number of allylic oxidation sites excluding steroid dienone is 1. The molecule has 14 fully saturated rings. The van der Waals surface area contributed by atoms with Crippen molar-refractivity contribution in [2.75, 3.05) is 0 Å². The third kappa shape index (κ3) is 12.3. The highest BCUT2D eigenvalue weighted by molar-refractivity contribution is 7.05. The Morgan fingerprint density at radius 2 is 0.580 bits per heavy atom. The summed E-state index contributed by atoms with van der Waals surface area (Å²) in [6.45, 7) is 24.0. The van der Waals surface area contributed by atoms with Crippen LogP contribution in [0.25, 0.3) is 0 Å². The minimum atomic E-state index is -4.02. The van der Waals surface area contributed by atoms with Crippen molar-refractivity contribution in [3.8, 4) is 0 Å². The molecule has 81 heavy (non-hydrogen) atoms. The molecule has 0 aromatic carbocycles. The Hall–Kier alpha value is 1.11. The molecular weight excluding hydrogens is 1230 g/mol. The lowest BCUT2D eigenvalue weighted by molar-refractivity contribution is -0.115. The number of ketones is 1. The fourth-order valence-electron chi connectivity index (χ4n) is 17.0. The van der Waals surface area contributed by atoms with Gasteiger partial charge in [0.25, 0.3) is 0 Å². The first-order chi connectivity index (χ1) is 38.4. The van der Waals surface area contributed by atoms with Gasteiger partial charge in [0.05, 0.1) is 0 Å². The zero-order chi connectivity index (χ0) is 56.8. The van der Waals surface area contributed by atoms with Crippen molar-refractivity contribution < 1.29 is 70.6 Å². The van der Waals surface area contributed by atoms with E-state index in [9.17, 15) is 4.79 Å². The van der Waals surface area contributed by atoms with E-state index in [2.05, 4.69) is 26.3 Å².